The van der Waals surface area contributed by atoms with Crippen LogP contribution in [0, 0.1) is 0 Å². The molecule has 0 saturated carbocycles. The highest BCUT2D eigenvalue weighted by Gasteiger charge is 2.14. The highest BCUT2D eigenvalue weighted by Crippen LogP contribution is 2.08. The summed E-state index contributed by atoms with van der Waals surface area (Å²) in [5, 5.41) is 0. The van der Waals surface area contributed by atoms with Gasteiger partial charge >= 0.3 is 5.97 Å². The zero-order valence-corrected chi connectivity index (χ0v) is 9.94. The van der Waals surface area contributed by atoms with E-state index < -0.39 is 6.04 Å². The lowest BCUT2D eigenvalue weighted by Gasteiger charge is -2.09. The van der Waals surface area contributed by atoms with Gasteiger partial charge in [-0.1, -0.05) is 0 Å². The van der Waals surface area contributed by atoms with E-state index in [2.05, 4.69) is 9.97 Å². The molecule has 1 aromatic heterocycles. The Balaban J connectivity index is 2.23. The Morgan fingerprint density at radius 3 is 2.88 bits per heavy atom. The smallest absolute Gasteiger partial charge is 0.323 e. The third-order valence-electron chi connectivity index (χ3n) is 1.74. The zero-order chi connectivity index (χ0) is 11.8. The molecule has 0 amide bonds. The highest BCUT2D eigenvalue weighted by molar-refractivity contribution is 7.98. The SMILES string of the molecule is CCOC(=O)C(N)CSCc1ncccn1. The third-order valence-corrected chi connectivity index (χ3v) is 2.79. The van der Waals surface area contributed by atoms with Gasteiger partial charge in [0.25, 0.3) is 0 Å². The van der Waals surface area contributed by atoms with Crippen LogP contribution in [0.5, 0.6) is 0 Å². The Labute approximate surface area is 98.8 Å². The van der Waals surface area contributed by atoms with Crippen LogP contribution >= 0.6 is 11.8 Å². The van der Waals surface area contributed by atoms with Crippen molar-refractivity contribution in [2.75, 3.05) is 12.4 Å². The minimum Gasteiger partial charge on any atom is -0.465 e. The van der Waals surface area contributed by atoms with Crippen LogP contribution < -0.4 is 5.73 Å². The molecule has 0 aliphatic rings. The molecule has 1 aromatic rings. The highest BCUT2D eigenvalue weighted by atomic mass is 32.2. The van der Waals surface area contributed by atoms with Gasteiger partial charge in [0.1, 0.15) is 11.9 Å². The number of carbonyl (C=O) groups excluding carboxylic acids is 1. The Kier molecular flexibility index (Phi) is 5.81. The fraction of sp³-hybridized carbons (Fsp3) is 0.500. The molecule has 1 rings (SSSR count). The summed E-state index contributed by atoms with van der Waals surface area (Å²) in [4.78, 5) is 19.3. The molecule has 16 heavy (non-hydrogen) atoms. The average Bonchev–Trinajstić information content (AvgIpc) is 2.30. The van der Waals surface area contributed by atoms with Gasteiger partial charge in [0.15, 0.2) is 0 Å². The maximum atomic E-state index is 11.2. The van der Waals surface area contributed by atoms with Gasteiger partial charge < -0.3 is 10.5 Å². The number of esters is 1. The van der Waals surface area contributed by atoms with Crippen LogP contribution in [0.1, 0.15) is 12.7 Å². The van der Waals surface area contributed by atoms with Crippen molar-refractivity contribution in [3.63, 3.8) is 0 Å². The van der Waals surface area contributed by atoms with Crippen LogP contribution in [-0.4, -0.2) is 34.3 Å². The lowest BCUT2D eigenvalue weighted by atomic mass is 10.4. The summed E-state index contributed by atoms with van der Waals surface area (Å²) in [5.74, 6) is 1.54. The summed E-state index contributed by atoms with van der Waals surface area (Å²) in [6.07, 6.45) is 3.38. The number of ether oxygens (including phenoxy) is 1. The molecule has 1 atom stereocenters. The predicted molar refractivity (Wildman–Crippen MR) is 62.8 cm³/mol. The number of thioether (sulfide) groups is 1. The van der Waals surface area contributed by atoms with E-state index in [9.17, 15) is 4.79 Å². The fourth-order valence-electron chi connectivity index (χ4n) is 0.999. The maximum absolute atomic E-state index is 11.2. The van der Waals surface area contributed by atoms with Gasteiger partial charge in [0.2, 0.25) is 0 Å². The van der Waals surface area contributed by atoms with Gasteiger partial charge in [-0.2, -0.15) is 11.8 Å². The Bertz CT molecular complexity index is 321. The summed E-state index contributed by atoms with van der Waals surface area (Å²) in [6.45, 7) is 2.12. The number of rotatable bonds is 6. The molecule has 0 fully saturated rings. The summed E-state index contributed by atoms with van der Waals surface area (Å²) < 4.78 is 4.80. The van der Waals surface area contributed by atoms with E-state index in [1.165, 1.54) is 11.8 Å². The van der Waals surface area contributed by atoms with Crippen LogP contribution in [0.25, 0.3) is 0 Å². The molecule has 0 aliphatic heterocycles. The third kappa shape index (κ3) is 4.59. The van der Waals surface area contributed by atoms with Crippen LogP contribution in [0.4, 0.5) is 0 Å². The number of nitrogens with zero attached hydrogens (tertiary/aromatic N) is 2. The maximum Gasteiger partial charge on any atom is 0.323 e. The molecule has 2 N–H and O–H groups in total. The van der Waals surface area contributed by atoms with Crippen molar-refractivity contribution in [1.82, 2.24) is 9.97 Å². The molecule has 5 nitrogen and oxygen atoms in total. The van der Waals surface area contributed by atoms with Gasteiger partial charge in [0, 0.05) is 18.1 Å². The summed E-state index contributed by atoms with van der Waals surface area (Å²) in [5.41, 5.74) is 5.63. The molecule has 0 bridgehead atoms. The van der Waals surface area contributed by atoms with Crippen molar-refractivity contribution in [2.24, 2.45) is 5.73 Å². The van der Waals surface area contributed by atoms with Gasteiger partial charge in [-0.3, -0.25) is 4.79 Å². The first-order valence-electron chi connectivity index (χ1n) is 5.00. The number of nitrogens with two attached hydrogens (primary N) is 1. The monoisotopic (exact) mass is 241 g/mol. The minimum absolute atomic E-state index is 0.357. The lowest BCUT2D eigenvalue weighted by Crippen LogP contribution is -2.34. The fourth-order valence-corrected chi connectivity index (χ4v) is 1.84. The molecule has 1 unspecified atom stereocenters. The van der Waals surface area contributed by atoms with Gasteiger partial charge in [0.05, 0.1) is 12.4 Å². The van der Waals surface area contributed by atoms with Crippen LogP contribution in [0.3, 0.4) is 0 Å². The van der Waals surface area contributed by atoms with Crippen molar-refractivity contribution < 1.29 is 9.53 Å². The minimum atomic E-state index is -0.575. The topological polar surface area (TPSA) is 78.1 Å². The van der Waals surface area contributed by atoms with E-state index >= 15 is 0 Å². The largest absolute Gasteiger partial charge is 0.465 e. The first-order chi connectivity index (χ1) is 7.74. The van der Waals surface area contributed by atoms with Crippen molar-refractivity contribution in [2.45, 2.75) is 18.7 Å². The average molecular weight is 241 g/mol. The van der Waals surface area contributed by atoms with Crippen molar-refractivity contribution in [3.05, 3.63) is 24.3 Å². The van der Waals surface area contributed by atoms with E-state index in [0.717, 1.165) is 5.82 Å². The van der Waals surface area contributed by atoms with E-state index in [0.29, 0.717) is 18.1 Å². The second-order valence-electron chi connectivity index (χ2n) is 3.04. The van der Waals surface area contributed by atoms with E-state index in [-0.39, 0.29) is 5.97 Å². The molecule has 88 valence electrons. The Hall–Kier alpha value is -1.14. The summed E-state index contributed by atoms with van der Waals surface area (Å²) >= 11 is 1.52. The number of hydrogen-bond donors (Lipinski definition) is 1. The summed E-state index contributed by atoms with van der Waals surface area (Å²) in [7, 11) is 0. The van der Waals surface area contributed by atoms with Gasteiger partial charge in [-0.05, 0) is 13.0 Å². The first-order valence-corrected chi connectivity index (χ1v) is 6.15. The second kappa shape index (κ2) is 7.19. The van der Waals surface area contributed by atoms with E-state index in [4.69, 9.17) is 10.5 Å². The molecule has 0 saturated heterocycles. The quantitative estimate of drug-likeness (QED) is 0.735. The normalized spacial score (nSPS) is 12.1. The molecule has 0 aliphatic carbocycles. The number of carbonyl (C=O) groups is 1. The van der Waals surface area contributed by atoms with E-state index in [1.54, 1.807) is 25.4 Å². The first kappa shape index (κ1) is 12.9. The molecule has 0 spiro atoms. The van der Waals surface area contributed by atoms with Crippen LogP contribution in [-0.2, 0) is 15.3 Å². The molecule has 6 heteroatoms. The molecule has 1 heterocycles. The molecular formula is C10H15N3O2S. The van der Waals surface area contributed by atoms with Crippen molar-refractivity contribution in [3.8, 4) is 0 Å². The molecular weight excluding hydrogens is 226 g/mol. The second-order valence-corrected chi connectivity index (χ2v) is 4.07. The number of aromatic nitrogens is 2. The molecule has 0 aromatic carbocycles. The summed E-state index contributed by atoms with van der Waals surface area (Å²) in [6, 6.07) is 1.19. The number of hydrogen-bond acceptors (Lipinski definition) is 6. The Morgan fingerprint density at radius 2 is 2.25 bits per heavy atom. The van der Waals surface area contributed by atoms with Gasteiger partial charge in [-0.15, -0.1) is 0 Å². The zero-order valence-electron chi connectivity index (χ0n) is 9.13. The standard InChI is InChI=1S/C10H15N3O2S/c1-2-15-10(14)8(11)6-16-7-9-12-4-3-5-13-9/h3-5,8H,2,6-7,11H2,1H3. The Morgan fingerprint density at radius 1 is 1.56 bits per heavy atom. The van der Waals surface area contributed by atoms with Crippen molar-refractivity contribution >= 4 is 17.7 Å². The predicted octanol–water partition coefficient (Wildman–Crippen LogP) is 0.600. The molecule has 0 radical (unpaired) electrons. The van der Waals surface area contributed by atoms with Crippen molar-refractivity contribution in [1.29, 1.82) is 0 Å². The van der Waals surface area contributed by atoms with Crippen LogP contribution in [0.15, 0.2) is 18.5 Å². The lowest BCUT2D eigenvalue weighted by molar-refractivity contribution is -0.144. The van der Waals surface area contributed by atoms with Gasteiger partial charge in [-0.25, -0.2) is 9.97 Å². The van der Waals surface area contributed by atoms with Crippen LogP contribution in [0.2, 0.25) is 0 Å². The van der Waals surface area contributed by atoms with E-state index in [1.807, 2.05) is 0 Å².